The number of rotatable bonds is 2. The second-order valence-corrected chi connectivity index (χ2v) is 3.09. The Bertz CT molecular complexity index is 530. The maximum atomic E-state index is 11.4. The second-order valence-electron chi connectivity index (χ2n) is 3.09. The topological polar surface area (TPSA) is 74.8 Å². The van der Waals surface area contributed by atoms with Crippen LogP contribution in [0.2, 0.25) is 0 Å². The van der Waals surface area contributed by atoms with E-state index in [1.54, 1.807) is 25.4 Å². The molecule has 0 aliphatic heterocycles. The van der Waals surface area contributed by atoms with Crippen molar-refractivity contribution in [1.82, 2.24) is 15.5 Å². The smallest absolute Gasteiger partial charge is 0.251 e. The molecule has 0 atom stereocenters. The lowest BCUT2D eigenvalue weighted by Gasteiger charge is -2.01. The number of hydrogen-bond donors (Lipinski definition) is 2. The zero-order valence-corrected chi connectivity index (χ0v) is 8.07. The molecule has 5 nitrogen and oxygen atoms in total. The molecule has 0 radical (unpaired) electrons. The average Bonchev–Trinajstić information content (AvgIpc) is 2.74. The minimum absolute atomic E-state index is 0.227. The van der Waals surface area contributed by atoms with Gasteiger partial charge in [-0.15, -0.1) is 0 Å². The molecule has 0 bridgehead atoms. The molecule has 0 aliphatic rings. The molecule has 1 aromatic carbocycles. The fourth-order valence-electron chi connectivity index (χ4n) is 1.45. The van der Waals surface area contributed by atoms with Gasteiger partial charge in [-0.3, -0.25) is 14.7 Å². The number of amides is 1. The van der Waals surface area contributed by atoms with Crippen LogP contribution in [0.5, 0.6) is 0 Å². The molecule has 2 aromatic rings. The summed E-state index contributed by atoms with van der Waals surface area (Å²) < 4.78 is 0. The highest BCUT2D eigenvalue weighted by molar-refractivity contribution is 6.03. The third kappa shape index (κ3) is 1.48. The van der Waals surface area contributed by atoms with Crippen LogP contribution in [0.1, 0.15) is 20.7 Å². The molecule has 1 heterocycles. The molecule has 0 saturated carbocycles. The van der Waals surface area contributed by atoms with Crippen LogP contribution in [0.15, 0.2) is 18.3 Å². The molecule has 0 spiro atoms. The highest BCUT2D eigenvalue weighted by Crippen LogP contribution is 2.17. The van der Waals surface area contributed by atoms with Gasteiger partial charge >= 0.3 is 0 Å². The number of carbonyl (C=O) groups is 2. The van der Waals surface area contributed by atoms with Crippen molar-refractivity contribution >= 4 is 23.1 Å². The van der Waals surface area contributed by atoms with E-state index in [1.807, 2.05) is 0 Å². The van der Waals surface area contributed by atoms with Crippen molar-refractivity contribution in [2.45, 2.75) is 0 Å². The normalized spacial score (nSPS) is 10.2. The van der Waals surface area contributed by atoms with Crippen LogP contribution >= 0.6 is 0 Å². The zero-order valence-electron chi connectivity index (χ0n) is 8.07. The zero-order chi connectivity index (χ0) is 10.8. The Hall–Kier alpha value is -2.17. The van der Waals surface area contributed by atoms with Gasteiger partial charge < -0.3 is 5.32 Å². The predicted molar refractivity (Wildman–Crippen MR) is 54.9 cm³/mol. The van der Waals surface area contributed by atoms with Crippen molar-refractivity contribution < 1.29 is 9.59 Å². The number of nitrogens with zero attached hydrogens (tertiary/aromatic N) is 1. The fourth-order valence-corrected chi connectivity index (χ4v) is 1.45. The quantitative estimate of drug-likeness (QED) is 0.707. The molecule has 15 heavy (non-hydrogen) atoms. The summed E-state index contributed by atoms with van der Waals surface area (Å²) in [6, 6.07) is 3.21. The van der Waals surface area contributed by atoms with E-state index in [4.69, 9.17) is 0 Å². The molecular weight excluding hydrogens is 194 g/mol. The minimum Gasteiger partial charge on any atom is -0.355 e. The van der Waals surface area contributed by atoms with E-state index in [0.717, 1.165) is 5.39 Å². The van der Waals surface area contributed by atoms with Gasteiger partial charge in [0.25, 0.3) is 5.91 Å². The Morgan fingerprint density at radius 1 is 1.53 bits per heavy atom. The van der Waals surface area contributed by atoms with Gasteiger partial charge in [0, 0.05) is 23.6 Å². The van der Waals surface area contributed by atoms with Crippen LogP contribution in [-0.4, -0.2) is 29.4 Å². The van der Waals surface area contributed by atoms with Gasteiger partial charge in [0.15, 0.2) is 6.29 Å². The number of benzene rings is 1. The highest BCUT2D eigenvalue weighted by Gasteiger charge is 2.09. The van der Waals surface area contributed by atoms with Gasteiger partial charge in [0.2, 0.25) is 0 Å². The Labute approximate surface area is 85.5 Å². The van der Waals surface area contributed by atoms with Gasteiger partial charge in [-0.2, -0.15) is 5.10 Å². The van der Waals surface area contributed by atoms with Crippen molar-refractivity contribution in [2.75, 3.05) is 7.05 Å². The van der Waals surface area contributed by atoms with Gasteiger partial charge in [-0.25, -0.2) is 0 Å². The first kappa shape index (κ1) is 9.39. The number of nitrogens with one attached hydrogen (secondary N) is 2. The van der Waals surface area contributed by atoms with Crippen LogP contribution in [0.25, 0.3) is 10.9 Å². The molecule has 0 saturated heterocycles. The van der Waals surface area contributed by atoms with E-state index in [-0.39, 0.29) is 5.91 Å². The van der Waals surface area contributed by atoms with Crippen molar-refractivity contribution in [2.24, 2.45) is 0 Å². The predicted octanol–water partition coefficient (Wildman–Crippen LogP) is 0.735. The number of aldehydes is 1. The van der Waals surface area contributed by atoms with Crippen LogP contribution in [0, 0.1) is 0 Å². The largest absolute Gasteiger partial charge is 0.355 e. The van der Waals surface area contributed by atoms with Crippen molar-refractivity contribution in [3.8, 4) is 0 Å². The number of aromatic amines is 1. The summed E-state index contributed by atoms with van der Waals surface area (Å²) in [7, 11) is 1.54. The Morgan fingerprint density at radius 3 is 3.00 bits per heavy atom. The van der Waals surface area contributed by atoms with Crippen molar-refractivity contribution in [3.63, 3.8) is 0 Å². The fraction of sp³-hybridized carbons (Fsp3) is 0.100. The van der Waals surface area contributed by atoms with Crippen LogP contribution < -0.4 is 5.32 Å². The number of aromatic nitrogens is 2. The van der Waals surface area contributed by atoms with E-state index in [9.17, 15) is 9.59 Å². The minimum atomic E-state index is -0.227. The van der Waals surface area contributed by atoms with Crippen LogP contribution in [0.3, 0.4) is 0 Å². The average molecular weight is 203 g/mol. The summed E-state index contributed by atoms with van der Waals surface area (Å²) in [5.41, 5.74) is 1.58. The molecule has 1 amide bonds. The summed E-state index contributed by atoms with van der Waals surface area (Å²) in [6.07, 6.45) is 2.27. The number of carbonyl (C=O) groups excluding carboxylic acids is 2. The van der Waals surface area contributed by atoms with Crippen LogP contribution in [0.4, 0.5) is 0 Å². The highest BCUT2D eigenvalue weighted by atomic mass is 16.1. The lowest BCUT2D eigenvalue weighted by atomic mass is 10.1. The molecule has 76 valence electrons. The summed E-state index contributed by atoms with van der Waals surface area (Å²) in [4.78, 5) is 22.2. The standard InChI is InChI=1S/C10H9N3O2/c1-11-10(15)6-2-7(5-14)8-4-12-13-9(8)3-6/h2-5H,1H3,(H,11,15)(H,12,13). The summed E-state index contributed by atoms with van der Waals surface area (Å²) in [5, 5.41) is 9.77. The maximum Gasteiger partial charge on any atom is 0.251 e. The molecule has 0 fully saturated rings. The summed E-state index contributed by atoms with van der Waals surface area (Å²) in [5.74, 6) is -0.227. The van der Waals surface area contributed by atoms with E-state index in [1.165, 1.54) is 0 Å². The Kier molecular flexibility index (Phi) is 2.21. The maximum absolute atomic E-state index is 11.4. The monoisotopic (exact) mass is 203 g/mol. The SMILES string of the molecule is CNC(=O)c1cc(C=O)c2cn[nH]c2c1. The molecule has 0 unspecified atom stereocenters. The first-order chi connectivity index (χ1) is 7.26. The van der Waals surface area contributed by atoms with E-state index in [0.29, 0.717) is 22.9 Å². The first-order valence-corrected chi connectivity index (χ1v) is 4.40. The number of hydrogen-bond acceptors (Lipinski definition) is 3. The molecular formula is C10H9N3O2. The van der Waals surface area contributed by atoms with E-state index >= 15 is 0 Å². The first-order valence-electron chi connectivity index (χ1n) is 4.40. The van der Waals surface area contributed by atoms with Gasteiger partial charge in [-0.1, -0.05) is 0 Å². The molecule has 1 aromatic heterocycles. The molecule has 2 N–H and O–H groups in total. The Morgan fingerprint density at radius 2 is 2.33 bits per heavy atom. The van der Waals surface area contributed by atoms with Crippen LogP contribution in [-0.2, 0) is 0 Å². The molecule has 5 heteroatoms. The van der Waals surface area contributed by atoms with Crippen molar-refractivity contribution in [3.05, 3.63) is 29.5 Å². The summed E-state index contributed by atoms with van der Waals surface area (Å²) >= 11 is 0. The third-order valence-electron chi connectivity index (χ3n) is 2.21. The van der Waals surface area contributed by atoms with Crippen molar-refractivity contribution in [1.29, 1.82) is 0 Å². The second kappa shape index (κ2) is 3.53. The molecule has 0 aliphatic carbocycles. The van der Waals surface area contributed by atoms with Gasteiger partial charge in [0.1, 0.15) is 0 Å². The van der Waals surface area contributed by atoms with Gasteiger partial charge in [0.05, 0.1) is 11.7 Å². The number of H-pyrrole nitrogens is 1. The lowest BCUT2D eigenvalue weighted by molar-refractivity contribution is 0.0963. The van der Waals surface area contributed by atoms with E-state index in [2.05, 4.69) is 15.5 Å². The van der Waals surface area contributed by atoms with Gasteiger partial charge in [-0.05, 0) is 12.1 Å². The molecule has 2 rings (SSSR count). The number of fused-ring (bicyclic) bond motifs is 1. The summed E-state index contributed by atoms with van der Waals surface area (Å²) in [6.45, 7) is 0. The third-order valence-corrected chi connectivity index (χ3v) is 2.21. The van der Waals surface area contributed by atoms with E-state index < -0.39 is 0 Å². The Balaban J connectivity index is 2.68. The lowest BCUT2D eigenvalue weighted by Crippen LogP contribution is -2.17.